The quantitative estimate of drug-likeness (QED) is 0.622. The first-order valence-electron chi connectivity index (χ1n) is 5.89. The summed E-state index contributed by atoms with van der Waals surface area (Å²) in [5.41, 5.74) is 7.77. The minimum Gasteiger partial charge on any atom is -0.398 e. The second kappa shape index (κ2) is 5.57. The molecule has 0 saturated carbocycles. The third-order valence-electron chi connectivity index (χ3n) is 2.85. The van der Waals surface area contributed by atoms with Crippen molar-refractivity contribution in [3.05, 3.63) is 51.2 Å². The van der Waals surface area contributed by atoms with Gasteiger partial charge in [-0.05, 0) is 68.3 Å². The van der Waals surface area contributed by atoms with Crippen LogP contribution in [0.15, 0.2) is 49.9 Å². The molecule has 0 saturated heterocycles. The van der Waals surface area contributed by atoms with E-state index in [1.807, 2.05) is 0 Å². The molecule has 0 unspecified atom stereocenters. The fraction of sp³-hybridized carbons (Fsp3) is 0. The molecule has 0 radical (unpaired) electrons. The summed E-state index contributed by atoms with van der Waals surface area (Å²) >= 11 is 6.48. The molecule has 3 aromatic rings. The van der Waals surface area contributed by atoms with Crippen LogP contribution >= 0.6 is 31.9 Å². The summed E-state index contributed by atoms with van der Waals surface area (Å²) in [7, 11) is 0. The van der Waals surface area contributed by atoms with Crippen molar-refractivity contribution in [1.29, 1.82) is 0 Å². The molecule has 0 aliphatic heterocycles. The van der Waals surface area contributed by atoms with Crippen molar-refractivity contribution >= 4 is 37.5 Å². The van der Waals surface area contributed by atoms with E-state index in [4.69, 9.17) is 10.3 Å². The van der Waals surface area contributed by atoms with Gasteiger partial charge in [0, 0.05) is 21.3 Å². The van der Waals surface area contributed by atoms with Crippen LogP contribution in [0, 0.1) is 5.82 Å². The Balaban J connectivity index is 1.99. The molecule has 0 aliphatic rings. The first-order chi connectivity index (χ1) is 10.0. The zero-order chi connectivity index (χ0) is 15.0. The average Bonchev–Trinajstić information content (AvgIpc) is 2.94. The Hall–Kier alpha value is -1.73. The second-order valence-electron chi connectivity index (χ2n) is 4.29. The molecule has 1 heterocycles. The topological polar surface area (TPSA) is 64.9 Å². The van der Waals surface area contributed by atoms with E-state index in [2.05, 4.69) is 42.0 Å². The van der Waals surface area contributed by atoms with Crippen LogP contribution < -0.4 is 5.73 Å². The first-order valence-corrected chi connectivity index (χ1v) is 7.48. The molecule has 2 N–H and O–H groups in total. The SMILES string of the molecule is Nc1ccc(-c2nc(-c3ccc(F)c(Br)c3)no2)cc1Br. The van der Waals surface area contributed by atoms with Gasteiger partial charge in [-0.1, -0.05) is 5.16 Å². The number of halogens is 3. The molecule has 0 amide bonds. The molecule has 0 bridgehead atoms. The van der Waals surface area contributed by atoms with Crippen molar-refractivity contribution in [2.45, 2.75) is 0 Å². The summed E-state index contributed by atoms with van der Waals surface area (Å²) in [4.78, 5) is 4.31. The van der Waals surface area contributed by atoms with E-state index in [9.17, 15) is 4.39 Å². The van der Waals surface area contributed by atoms with Crippen LogP contribution in [0.2, 0.25) is 0 Å². The normalized spacial score (nSPS) is 10.8. The minimum atomic E-state index is -0.343. The van der Waals surface area contributed by atoms with E-state index in [-0.39, 0.29) is 5.82 Å². The maximum absolute atomic E-state index is 13.2. The first kappa shape index (κ1) is 14.2. The number of aromatic nitrogens is 2. The third kappa shape index (κ3) is 2.84. The van der Waals surface area contributed by atoms with Crippen molar-refractivity contribution in [2.75, 3.05) is 5.73 Å². The standard InChI is InChI=1S/C14H8Br2FN3O/c15-9-5-7(1-3-11(9)17)13-19-14(21-20-13)8-2-4-12(18)10(16)6-8/h1-6H,18H2. The van der Waals surface area contributed by atoms with Crippen molar-refractivity contribution in [2.24, 2.45) is 0 Å². The van der Waals surface area contributed by atoms with E-state index < -0.39 is 0 Å². The number of hydrogen-bond donors (Lipinski definition) is 1. The highest BCUT2D eigenvalue weighted by atomic mass is 79.9. The number of nitrogens with zero attached hydrogens (tertiary/aromatic N) is 2. The Morgan fingerprint density at radius 1 is 1.00 bits per heavy atom. The predicted octanol–water partition coefficient (Wildman–Crippen LogP) is 4.65. The summed E-state index contributed by atoms with van der Waals surface area (Å²) in [5, 5.41) is 3.91. The molecular weight excluding hydrogens is 405 g/mol. The predicted molar refractivity (Wildman–Crippen MR) is 84.9 cm³/mol. The van der Waals surface area contributed by atoms with Crippen molar-refractivity contribution in [3.8, 4) is 22.8 Å². The van der Waals surface area contributed by atoms with E-state index >= 15 is 0 Å². The zero-order valence-electron chi connectivity index (χ0n) is 10.5. The van der Waals surface area contributed by atoms with E-state index in [0.717, 1.165) is 10.0 Å². The Bertz CT molecular complexity index is 754. The van der Waals surface area contributed by atoms with Gasteiger partial charge in [0.1, 0.15) is 5.82 Å². The largest absolute Gasteiger partial charge is 0.398 e. The molecule has 21 heavy (non-hydrogen) atoms. The third-order valence-corrected chi connectivity index (χ3v) is 4.15. The number of nitrogens with two attached hydrogens (primary N) is 1. The van der Waals surface area contributed by atoms with Crippen LogP contribution in [0.5, 0.6) is 0 Å². The highest BCUT2D eigenvalue weighted by molar-refractivity contribution is 9.10. The lowest BCUT2D eigenvalue weighted by molar-refractivity contribution is 0.432. The zero-order valence-corrected chi connectivity index (χ0v) is 13.7. The Morgan fingerprint density at radius 3 is 2.43 bits per heavy atom. The lowest BCUT2D eigenvalue weighted by atomic mass is 10.2. The van der Waals surface area contributed by atoms with Crippen molar-refractivity contribution in [1.82, 2.24) is 10.1 Å². The van der Waals surface area contributed by atoms with Gasteiger partial charge in [0.05, 0.1) is 4.47 Å². The van der Waals surface area contributed by atoms with E-state index in [0.29, 0.717) is 27.4 Å². The average molecular weight is 413 g/mol. The molecule has 7 heteroatoms. The molecular formula is C14H8Br2FN3O. The van der Waals surface area contributed by atoms with Gasteiger partial charge in [-0.2, -0.15) is 4.98 Å². The molecule has 0 aliphatic carbocycles. The lowest BCUT2D eigenvalue weighted by Gasteiger charge is -1.99. The molecule has 0 fully saturated rings. The van der Waals surface area contributed by atoms with Gasteiger partial charge in [0.15, 0.2) is 0 Å². The van der Waals surface area contributed by atoms with Gasteiger partial charge in [0.2, 0.25) is 5.82 Å². The maximum atomic E-state index is 13.2. The molecule has 4 nitrogen and oxygen atoms in total. The van der Waals surface area contributed by atoms with Crippen molar-refractivity contribution in [3.63, 3.8) is 0 Å². The Morgan fingerprint density at radius 2 is 1.71 bits per heavy atom. The van der Waals surface area contributed by atoms with E-state index in [1.54, 1.807) is 30.3 Å². The molecule has 106 valence electrons. The highest BCUT2D eigenvalue weighted by Gasteiger charge is 2.12. The summed E-state index contributed by atoms with van der Waals surface area (Å²) in [5.74, 6) is 0.412. The van der Waals surface area contributed by atoms with Crippen LogP contribution in [0.25, 0.3) is 22.8 Å². The van der Waals surface area contributed by atoms with Crippen molar-refractivity contribution < 1.29 is 8.91 Å². The van der Waals surface area contributed by atoms with Gasteiger partial charge >= 0.3 is 0 Å². The monoisotopic (exact) mass is 411 g/mol. The second-order valence-corrected chi connectivity index (χ2v) is 6.00. The van der Waals surface area contributed by atoms with Gasteiger partial charge in [-0.25, -0.2) is 4.39 Å². The van der Waals surface area contributed by atoms with Crippen LogP contribution in [-0.2, 0) is 0 Å². The summed E-state index contributed by atoms with van der Waals surface area (Å²) < 4.78 is 19.6. The molecule has 2 aromatic carbocycles. The number of anilines is 1. The number of rotatable bonds is 2. The number of hydrogen-bond acceptors (Lipinski definition) is 4. The number of benzene rings is 2. The van der Waals surface area contributed by atoms with Crippen LogP contribution in [0.3, 0.4) is 0 Å². The molecule has 0 atom stereocenters. The minimum absolute atomic E-state index is 0.343. The Labute approximate surface area is 136 Å². The fourth-order valence-electron chi connectivity index (χ4n) is 1.75. The summed E-state index contributed by atoms with van der Waals surface area (Å²) in [6, 6.07) is 9.87. The molecule has 3 rings (SSSR count). The van der Waals surface area contributed by atoms with E-state index in [1.165, 1.54) is 6.07 Å². The van der Waals surface area contributed by atoms with Gasteiger partial charge < -0.3 is 10.3 Å². The molecule has 0 spiro atoms. The van der Waals surface area contributed by atoms with Gasteiger partial charge in [-0.15, -0.1) is 0 Å². The maximum Gasteiger partial charge on any atom is 0.258 e. The van der Waals surface area contributed by atoms with Gasteiger partial charge in [0.25, 0.3) is 5.89 Å². The summed E-state index contributed by atoms with van der Waals surface area (Å²) in [6.07, 6.45) is 0. The molecule has 1 aromatic heterocycles. The van der Waals surface area contributed by atoms with Crippen LogP contribution in [-0.4, -0.2) is 10.1 Å². The lowest BCUT2D eigenvalue weighted by Crippen LogP contribution is -1.87. The van der Waals surface area contributed by atoms with Crippen LogP contribution in [0.1, 0.15) is 0 Å². The Kier molecular flexibility index (Phi) is 3.77. The van der Waals surface area contributed by atoms with Gasteiger partial charge in [-0.3, -0.25) is 0 Å². The van der Waals surface area contributed by atoms with Crippen LogP contribution in [0.4, 0.5) is 10.1 Å². The smallest absolute Gasteiger partial charge is 0.258 e. The summed E-state index contributed by atoms with van der Waals surface area (Å²) in [6.45, 7) is 0. The fourth-order valence-corrected chi connectivity index (χ4v) is 2.51. The number of nitrogen functional groups attached to an aromatic ring is 1. The highest BCUT2D eigenvalue weighted by Crippen LogP contribution is 2.29.